The van der Waals surface area contributed by atoms with Gasteiger partial charge in [0.15, 0.2) is 5.78 Å². The number of amides is 1. The first kappa shape index (κ1) is 21.2. The Hall–Kier alpha value is -3.15. The molecular formula is C22H25NO5. The van der Waals surface area contributed by atoms with Gasteiger partial charge in [-0.05, 0) is 37.1 Å². The molecule has 1 amide bonds. The Labute approximate surface area is 164 Å². The van der Waals surface area contributed by atoms with Crippen LogP contribution in [-0.2, 0) is 21.4 Å². The van der Waals surface area contributed by atoms with Crippen molar-refractivity contribution in [2.75, 3.05) is 13.7 Å². The molecule has 2 rings (SSSR count). The summed E-state index contributed by atoms with van der Waals surface area (Å²) in [5.41, 5.74) is 0.495. The van der Waals surface area contributed by atoms with Gasteiger partial charge in [-0.15, -0.1) is 0 Å². The number of benzene rings is 2. The predicted octanol–water partition coefficient (Wildman–Crippen LogP) is 2.99. The van der Waals surface area contributed by atoms with E-state index in [1.165, 1.54) is 14.0 Å². The molecule has 2 aromatic carbocycles. The van der Waals surface area contributed by atoms with Crippen molar-refractivity contribution in [2.45, 2.75) is 32.1 Å². The molecule has 28 heavy (non-hydrogen) atoms. The molecule has 0 bridgehead atoms. The molecule has 0 aliphatic rings. The summed E-state index contributed by atoms with van der Waals surface area (Å²) in [6, 6.07) is 13.8. The van der Waals surface area contributed by atoms with E-state index in [1.807, 2.05) is 6.07 Å². The van der Waals surface area contributed by atoms with Gasteiger partial charge in [0.1, 0.15) is 11.2 Å². The molecule has 0 radical (unpaired) electrons. The molecule has 6 nitrogen and oxygen atoms in total. The number of ether oxygens (including phenoxy) is 1. The Morgan fingerprint density at radius 3 is 2.32 bits per heavy atom. The fourth-order valence-corrected chi connectivity index (χ4v) is 3.16. The molecule has 0 spiro atoms. The van der Waals surface area contributed by atoms with Gasteiger partial charge in [0.25, 0.3) is 0 Å². The maximum absolute atomic E-state index is 12.5. The van der Waals surface area contributed by atoms with Gasteiger partial charge in [-0.3, -0.25) is 14.4 Å². The average Bonchev–Trinajstić information content (AvgIpc) is 2.69. The van der Waals surface area contributed by atoms with Crippen molar-refractivity contribution < 1.29 is 24.2 Å². The fourth-order valence-electron chi connectivity index (χ4n) is 3.16. The largest absolute Gasteiger partial charge is 0.496 e. The number of rotatable bonds is 9. The monoisotopic (exact) mass is 383 g/mol. The van der Waals surface area contributed by atoms with Gasteiger partial charge < -0.3 is 15.2 Å². The van der Waals surface area contributed by atoms with Crippen LogP contribution >= 0.6 is 0 Å². The van der Waals surface area contributed by atoms with E-state index in [2.05, 4.69) is 5.32 Å². The van der Waals surface area contributed by atoms with Crippen molar-refractivity contribution >= 4 is 17.7 Å². The molecule has 0 aliphatic carbocycles. The highest BCUT2D eigenvalue weighted by molar-refractivity contribution is 5.94. The number of carbonyl (C=O) groups is 3. The smallest absolute Gasteiger partial charge is 0.315 e. The van der Waals surface area contributed by atoms with E-state index in [0.717, 1.165) is 0 Å². The highest BCUT2D eigenvalue weighted by Gasteiger charge is 2.39. The normalized spacial score (nSPS) is 12.7. The van der Waals surface area contributed by atoms with E-state index >= 15 is 0 Å². The van der Waals surface area contributed by atoms with E-state index in [9.17, 15) is 19.5 Å². The zero-order valence-electron chi connectivity index (χ0n) is 16.3. The zero-order chi connectivity index (χ0) is 20.7. The third kappa shape index (κ3) is 4.57. The molecule has 0 heterocycles. The van der Waals surface area contributed by atoms with Gasteiger partial charge >= 0.3 is 5.97 Å². The van der Waals surface area contributed by atoms with Crippen LogP contribution < -0.4 is 10.1 Å². The maximum Gasteiger partial charge on any atom is 0.315 e. The minimum absolute atomic E-state index is 0.0154. The number of hydrogen-bond acceptors (Lipinski definition) is 4. The number of ketones is 1. The van der Waals surface area contributed by atoms with Crippen LogP contribution in [0.4, 0.5) is 0 Å². The number of hydrogen-bond donors (Lipinski definition) is 2. The van der Waals surface area contributed by atoms with Crippen molar-refractivity contribution in [3.63, 3.8) is 0 Å². The second-order valence-electron chi connectivity index (χ2n) is 6.64. The van der Waals surface area contributed by atoms with Gasteiger partial charge in [0.05, 0.1) is 13.5 Å². The summed E-state index contributed by atoms with van der Waals surface area (Å²) in [6.07, 6.45) is 0.314. The number of aliphatic carboxylic acids is 1. The van der Waals surface area contributed by atoms with E-state index in [4.69, 9.17) is 4.74 Å². The Morgan fingerprint density at radius 2 is 1.79 bits per heavy atom. The Kier molecular flexibility index (Phi) is 6.93. The topological polar surface area (TPSA) is 92.7 Å². The number of carboxylic acids is 1. The predicted molar refractivity (Wildman–Crippen MR) is 106 cm³/mol. The lowest BCUT2D eigenvalue weighted by Crippen LogP contribution is -2.46. The number of nitrogens with one attached hydrogen (secondary N) is 1. The Bertz CT molecular complexity index is 862. The molecule has 6 heteroatoms. The van der Waals surface area contributed by atoms with E-state index in [0.29, 0.717) is 28.9 Å². The van der Waals surface area contributed by atoms with Crippen LogP contribution in [0.1, 0.15) is 41.8 Å². The molecule has 0 fully saturated rings. The molecule has 148 valence electrons. The van der Waals surface area contributed by atoms with Crippen LogP contribution in [0.3, 0.4) is 0 Å². The summed E-state index contributed by atoms with van der Waals surface area (Å²) in [4.78, 5) is 36.2. The zero-order valence-corrected chi connectivity index (χ0v) is 16.3. The van der Waals surface area contributed by atoms with Crippen molar-refractivity contribution in [1.82, 2.24) is 5.32 Å². The molecule has 1 unspecified atom stereocenters. The highest BCUT2D eigenvalue weighted by Crippen LogP contribution is 2.28. The minimum Gasteiger partial charge on any atom is -0.496 e. The van der Waals surface area contributed by atoms with Gasteiger partial charge in [0, 0.05) is 17.7 Å². The van der Waals surface area contributed by atoms with Crippen molar-refractivity contribution in [2.24, 2.45) is 0 Å². The summed E-state index contributed by atoms with van der Waals surface area (Å²) < 4.78 is 5.27. The van der Waals surface area contributed by atoms with Crippen LogP contribution in [0.25, 0.3) is 0 Å². The molecule has 2 aromatic rings. The summed E-state index contributed by atoms with van der Waals surface area (Å²) in [5, 5.41) is 12.6. The average molecular weight is 383 g/mol. The van der Waals surface area contributed by atoms with Crippen LogP contribution in [0.2, 0.25) is 0 Å². The summed E-state index contributed by atoms with van der Waals surface area (Å²) in [7, 11) is 1.49. The van der Waals surface area contributed by atoms with Gasteiger partial charge in [-0.25, -0.2) is 0 Å². The lowest BCUT2D eigenvalue weighted by Gasteiger charge is -2.29. The molecule has 0 saturated carbocycles. The van der Waals surface area contributed by atoms with E-state index in [-0.39, 0.29) is 24.7 Å². The summed E-state index contributed by atoms with van der Waals surface area (Å²) >= 11 is 0. The highest BCUT2D eigenvalue weighted by atomic mass is 16.5. The lowest BCUT2D eigenvalue weighted by atomic mass is 9.78. The third-order valence-corrected chi connectivity index (χ3v) is 4.96. The third-order valence-electron chi connectivity index (χ3n) is 4.96. The van der Waals surface area contributed by atoms with Crippen LogP contribution in [0, 0.1) is 0 Å². The van der Waals surface area contributed by atoms with Gasteiger partial charge in [-0.1, -0.05) is 37.3 Å². The number of methoxy groups -OCH3 is 1. The Balaban J connectivity index is 2.19. The minimum atomic E-state index is -1.21. The first-order valence-corrected chi connectivity index (χ1v) is 9.07. The van der Waals surface area contributed by atoms with Crippen molar-refractivity contribution in [3.8, 4) is 5.75 Å². The molecule has 0 aromatic heterocycles. The van der Waals surface area contributed by atoms with Gasteiger partial charge in [-0.2, -0.15) is 0 Å². The molecule has 2 N–H and O–H groups in total. The molecule has 0 aliphatic heterocycles. The first-order chi connectivity index (χ1) is 13.3. The van der Waals surface area contributed by atoms with E-state index < -0.39 is 11.4 Å². The summed E-state index contributed by atoms with van der Waals surface area (Å²) in [6.45, 7) is 3.21. The van der Waals surface area contributed by atoms with E-state index in [1.54, 1.807) is 49.4 Å². The number of carbonyl (C=O) groups excluding carboxylic acids is 2. The standard InChI is InChI=1S/C22H25NO5/c1-4-22(21(26)27,18-8-6-5-7-9-18)14-23-20(25)13-17-12-16(15(2)24)10-11-19(17)28-3/h5-12H,4,13-14H2,1-3H3,(H,23,25)(H,26,27). The van der Waals surface area contributed by atoms with Crippen LogP contribution in [0.5, 0.6) is 5.75 Å². The van der Waals surface area contributed by atoms with Gasteiger partial charge in [0.2, 0.25) is 5.91 Å². The second kappa shape index (κ2) is 9.17. The van der Waals surface area contributed by atoms with Crippen LogP contribution in [0.15, 0.2) is 48.5 Å². The second-order valence-corrected chi connectivity index (χ2v) is 6.64. The molecule has 0 saturated heterocycles. The van der Waals surface area contributed by atoms with Crippen molar-refractivity contribution in [1.29, 1.82) is 0 Å². The maximum atomic E-state index is 12.5. The van der Waals surface area contributed by atoms with Crippen molar-refractivity contribution in [3.05, 3.63) is 65.2 Å². The lowest BCUT2D eigenvalue weighted by molar-refractivity contribution is -0.144. The fraction of sp³-hybridized carbons (Fsp3) is 0.318. The molecular weight excluding hydrogens is 358 g/mol. The number of carboxylic acid groups (broad SMARTS) is 1. The first-order valence-electron chi connectivity index (χ1n) is 9.07. The quantitative estimate of drug-likeness (QED) is 0.650. The SMILES string of the molecule is CCC(CNC(=O)Cc1cc(C(C)=O)ccc1OC)(C(=O)O)c1ccccc1. The van der Waals surface area contributed by atoms with Crippen LogP contribution in [-0.4, -0.2) is 36.4 Å². The Morgan fingerprint density at radius 1 is 1.11 bits per heavy atom. The number of Topliss-reactive ketones (excluding diaryl/α,β-unsaturated/α-hetero) is 1. The molecule has 1 atom stereocenters. The summed E-state index contributed by atoms with van der Waals surface area (Å²) in [5.74, 6) is -0.931.